The first-order chi connectivity index (χ1) is 12.1. The molecule has 134 valence electrons. The minimum atomic E-state index is -0.171. The first kappa shape index (κ1) is 17.5. The number of hydrogen-bond acceptors (Lipinski definition) is 4. The lowest BCUT2D eigenvalue weighted by Gasteiger charge is -2.24. The molecule has 2 heterocycles. The van der Waals surface area contributed by atoms with E-state index in [2.05, 4.69) is 4.98 Å². The smallest absolute Gasteiger partial charge is 0.253 e. The molecule has 0 bridgehead atoms. The van der Waals surface area contributed by atoms with Crippen LogP contribution < -0.4 is 10.3 Å². The molecule has 0 aliphatic carbocycles. The van der Waals surface area contributed by atoms with Gasteiger partial charge >= 0.3 is 0 Å². The molecule has 0 saturated carbocycles. The molecule has 1 unspecified atom stereocenters. The number of ether oxygens (including phenoxy) is 2. The van der Waals surface area contributed by atoms with Crippen molar-refractivity contribution >= 4 is 16.8 Å². The molecule has 0 spiro atoms. The Labute approximate surface area is 146 Å². The standard InChI is InChI=1S/C19H24N2O4/c1-3-24-16-6-7-18-14(10-16)9-15(19(23)20-18)11-21(13(2)22)12-17-5-4-8-25-17/h6-7,9-10,17H,3-5,8,11-12H2,1-2H3,(H,20,23). The Balaban J connectivity index is 1.85. The van der Waals surface area contributed by atoms with Crippen molar-refractivity contribution in [2.45, 2.75) is 39.3 Å². The molecule has 2 aromatic rings. The number of pyridine rings is 1. The summed E-state index contributed by atoms with van der Waals surface area (Å²) in [5.41, 5.74) is 1.15. The Kier molecular flexibility index (Phi) is 5.38. The van der Waals surface area contributed by atoms with Crippen molar-refractivity contribution in [3.8, 4) is 5.75 Å². The normalized spacial score (nSPS) is 17.0. The number of H-pyrrole nitrogens is 1. The summed E-state index contributed by atoms with van der Waals surface area (Å²) < 4.78 is 11.1. The summed E-state index contributed by atoms with van der Waals surface area (Å²) in [5.74, 6) is 0.703. The van der Waals surface area contributed by atoms with Gasteiger partial charge < -0.3 is 19.4 Å². The summed E-state index contributed by atoms with van der Waals surface area (Å²) in [6, 6.07) is 7.40. The van der Waals surface area contributed by atoms with Crippen LogP contribution in [-0.4, -0.2) is 41.7 Å². The molecule has 1 aliphatic heterocycles. The quantitative estimate of drug-likeness (QED) is 0.874. The number of aromatic nitrogens is 1. The van der Waals surface area contributed by atoms with Crippen LogP contribution in [0.2, 0.25) is 0 Å². The van der Waals surface area contributed by atoms with Crippen molar-refractivity contribution in [2.24, 2.45) is 0 Å². The molecule has 1 fully saturated rings. The molecule has 6 nitrogen and oxygen atoms in total. The van der Waals surface area contributed by atoms with Crippen molar-refractivity contribution in [1.82, 2.24) is 9.88 Å². The predicted molar refractivity (Wildman–Crippen MR) is 95.8 cm³/mol. The molecule has 25 heavy (non-hydrogen) atoms. The molecule has 1 amide bonds. The Morgan fingerprint density at radius 2 is 2.24 bits per heavy atom. The maximum atomic E-state index is 12.4. The van der Waals surface area contributed by atoms with E-state index in [0.717, 1.165) is 36.1 Å². The van der Waals surface area contributed by atoms with Gasteiger partial charge in [0.05, 0.1) is 19.3 Å². The number of carbonyl (C=O) groups excluding carboxylic acids is 1. The molecule has 1 N–H and O–H groups in total. The second-order valence-corrected chi connectivity index (χ2v) is 6.34. The van der Waals surface area contributed by atoms with Gasteiger partial charge in [0.15, 0.2) is 0 Å². The van der Waals surface area contributed by atoms with E-state index in [-0.39, 0.29) is 24.1 Å². The van der Waals surface area contributed by atoms with E-state index in [4.69, 9.17) is 9.47 Å². The zero-order valence-corrected chi connectivity index (χ0v) is 14.7. The van der Waals surface area contributed by atoms with Crippen LogP contribution >= 0.6 is 0 Å². The highest BCUT2D eigenvalue weighted by Gasteiger charge is 2.21. The number of nitrogens with one attached hydrogen (secondary N) is 1. The van der Waals surface area contributed by atoms with E-state index in [0.29, 0.717) is 18.7 Å². The topological polar surface area (TPSA) is 71.6 Å². The maximum absolute atomic E-state index is 12.4. The molecular formula is C19H24N2O4. The number of amides is 1. The van der Waals surface area contributed by atoms with E-state index >= 15 is 0 Å². The fourth-order valence-corrected chi connectivity index (χ4v) is 3.15. The van der Waals surface area contributed by atoms with Gasteiger partial charge in [-0.15, -0.1) is 0 Å². The third-order valence-electron chi connectivity index (χ3n) is 4.46. The molecule has 0 radical (unpaired) electrons. The zero-order chi connectivity index (χ0) is 17.8. The molecule has 3 rings (SSSR count). The van der Waals surface area contributed by atoms with Gasteiger partial charge in [-0.25, -0.2) is 0 Å². The van der Waals surface area contributed by atoms with Crippen LogP contribution in [0.3, 0.4) is 0 Å². The highest BCUT2D eigenvalue weighted by atomic mass is 16.5. The molecule has 1 aromatic carbocycles. The lowest BCUT2D eigenvalue weighted by Crippen LogP contribution is -2.36. The third kappa shape index (κ3) is 4.20. The number of benzene rings is 1. The molecule has 1 atom stereocenters. The fraction of sp³-hybridized carbons (Fsp3) is 0.474. The predicted octanol–water partition coefficient (Wildman–Crippen LogP) is 2.45. The van der Waals surface area contributed by atoms with Crippen molar-refractivity contribution in [3.05, 3.63) is 40.2 Å². The van der Waals surface area contributed by atoms with E-state index in [9.17, 15) is 9.59 Å². The summed E-state index contributed by atoms with van der Waals surface area (Å²) >= 11 is 0. The van der Waals surface area contributed by atoms with Crippen LogP contribution in [-0.2, 0) is 16.1 Å². The first-order valence-electron chi connectivity index (χ1n) is 8.72. The Bertz CT molecular complexity index is 809. The lowest BCUT2D eigenvalue weighted by molar-refractivity contribution is -0.131. The van der Waals surface area contributed by atoms with Gasteiger partial charge in [-0.2, -0.15) is 0 Å². The van der Waals surface area contributed by atoms with E-state index < -0.39 is 0 Å². The van der Waals surface area contributed by atoms with Crippen molar-refractivity contribution in [3.63, 3.8) is 0 Å². The maximum Gasteiger partial charge on any atom is 0.253 e. The second-order valence-electron chi connectivity index (χ2n) is 6.34. The number of hydrogen-bond donors (Lipinski definition) is 1. The van der Waals surface area contributed by atoms with Crippen LogP contribution in [0.4, 0.5) is 0 Å². The van der Waals surface area contributed by atoms with E-state index in [1.165, 1.54) is 6.92 Å². The summed E-state index contributed by atoms with van der Waals surface area (Å²) in [6.07, 6.45) is 2.04. The summed E-state index contributed by atoms with van der Waals surface area (Å²) in [7, 11) is 0. The number of aromatic amines is 1. The average molecular weight is 344 g/mol. The summed E-state index contributed by atoms with van der Waals surface area (Å²) in [5, 5.41) is 0.890. The monoisotopic (exact) mass is 344 g/mol. The molecule has 1 saturated heterocycles. The Morgan fingerprint density at radius 1 is 1.40 bits per heavy atom. The number of nitrogens with zero attached hydrogens (tertiary/aromatic N) is 1. The average Bonchev–Trinajstić information content (AvgIpc) is 3.08. The highest BCUT2D eigenvalue weighted by Crippen LogP contribution is 2.20. The van der Waals surface area contributed by atoms with Gasteiger partial charge in [0.1, 0.15) is 5.75 Å². The summed E-state index contributed by atoms with van der Waals surface area (Å²) in [4.78, 5) is 28.9. The first-order valence-corrected chi connectivity index (χ1v) is 8.72. The van der Waals surface area contributed by atoms with Crippen LogP contribution in [0, 0.1) is 0 Å². The van der Waals surface area contributed by atoms with Gasteiger partial charge in [0, 0.05) is 36.5 Å². The molecule has 1 aliphatic rings. The number of carbonyl (C=O) groups is 1. The Hall–Kier alpha value is -2.34. The molecule has 1 aromatic heterocycles. The Morgan fingerprint density at radius 3 is 2.92 bits per heavy atom. The molecule has 6 heteroatoms. The number of fused-ring (bicyclic) bond motifs is 1. The zero-order valence-electron chi connectivity index (χ0n) is 14.7. The van der Waals surface area contributed by atoms with Crippen LogP contribution in [0.1, 0.15) is 32.3 Å². The van der Waals surface area contributed by atoms with Crippen LogP contribution in [0.25, 0.3) is 10.9 Å². The highest BCUT2D eigenvalue weighted by molar-refractivity contribution is 5.80. The molecular weight excluding hydrogens is 320 g/mol. The van der Waals surface area contributed by atoms with Gasteiger partial charge in [-0.1, -0.05) is 0 Å². The van der Waals surface area contributed by atoms with Crippen LogP contribution in [0.5, 0.6) is 5.75 Å². The van der Waals surface area contributed by atoms with E-state index in [1.807, 2.05) is 31.2 Å². The van der Waals surface area contributed by atoms with E-state index in [1.54, 1.807) is 4.90 Å². The van der Waals surface area contributed by atoms with Crippen molar-refractivity contribution in [1.29, 1.82) is 0 Å². The van der Waals surface area contributed by atoms with Gasteiger partial charge in [0.2, 0.25) is 5.91 Å². The van der Waals surface area contributed by atoms with Gasteiger partial charge in [-0.3, -0.25) is 9.59 Å². The van der Waals surface area contributed by atoms with Gasteiger partial charge in [-0.05, 0) is 44.0 Å². The lowest BCUT2D eigenvalue weighted by atomic mass is 10.1. The van der Waals surface area contributed by atoms with Crippen molar-refractivity contribution in [2.75, 3.05) is 19.8 Å². The third-order valence-corrected chi connectivity index (χ3v) is 4.46. The number of rotatable bonds is 6. The fourth-order valence-electron chi connectivity index (χ4n) is 3.15. The minimum absolute atomic E-state index is 0.0573. The van der Waals surface area contributed by atoms with Crippen molar-refractivity contribution < 1.29 is 14.3 Å². The van der Waals surface area contributed by atoms with Gasteiger partial charge in [0.25, 0.3) is 5.56 Å². The summed E-state index contributed by atoms with van der Waals surface area (Å²) in [6.45, 7) is 5.58. The second kappa shape index (κ2) is 7.70. The largest absolute Gasteiger partial charge is 0.494 e. The minimum Gasteiger partial charge on any atom is -0.494 e. The SMILES string of the molecule is CCOc1ccc2[nH]c(=O)c(CN(CC3CCCO3)C(C)=O)cc2c1. The van der Waals surface area contributed by atoms with Crippen LogP contribution in [0.15, 0.2) is 29.1 Å².